The molecule has 2 fully saturated rings. The smallest absolute Gasteiger partial charge is 0.224 e. The molecule has 1 aliphatic heterocycles. The Bertz CT molecular complexity index is 699. The van der Waals surface area contributed by atoms with Gasteiger partial charge >= 0.3 is 0 Å². The van der Waals surface area contributed by atoms with Gasteiger partial charge in [0.15, 0.2) is 11.5 Å². The van der Waals surface area contributed by atoms with Crippen molar-refractivity contribution in [3.05, 3.63) is 24.1 Å². The number of oxazole rings is 1. The zero-order valence-corrected chi connectivity index (χ0v) is 13.3. The van der Waals surface area contributed by atoms with E-state index in [2.05, 4.69) is 15.6 Å². The third-order valence-corrected chi connectivity index (χ3v) is 4.85. The van der Waals surface area contributed by atoms with Gasteiger partial charge in [0.2, 0.25) is 5.91 Å². The van der Waals surface area contributed by atoms with Crippen molar-refractivity contribution in [3.8, 4) is 0 Å². The highest BCUT2D eigenvalue weighted by atomic mass is 16.3. The van der Waals surface area contributed by atoms with E-state index in [1.165, 1.54) is 25.7 Å². The molecular formula is C18H23N3O2. The minimum absolute atomic E-state index is 0.0915. The van der Waals surface area contributed by atoms with Gasteiger partial charge in [0.1, 0.15) is 5.52 Å². The largest absolute Gasteiger partial charge is 0.440 e. The molecule has 0 unspecified atom stereocenters. The summed E-state index contributed by atoms with van der Waals surface area (Å²) in [4.78, 5) is 16.7. The third kappa shape index (κ3) is 3.55. The molecule has 0 atom stereocenters. The summed E-state index contributed by atoms with van der Waals surface area (Å²) < 4.78 is 5.75. The van der Waals surface area contributed by atoms with Gasteiger partial charge in [0.05, 0.1) is 0 Å². The summed E-state index contributed by atoms with van der Waals surface area (Å²) in [6, 6.07) is 5.70. The summed E-state index contributed by atoms with van der Waals surface area (Å²) in [7, 11) is 0. The van der Waals surface area contributed by atoms with Crippen molar-refractivity contribution >= 4 is 22.7 Å². The number of anilines is 1. The Morgan fingerprint density at radius 1 is 1.26 bits per heavy atom. The number of amides is 1. The highest BCUT2D eigenvalue weighted by Crippen LogP contribution is 2.40. The van der Waals surface area contributed by atoms with Gasteiger partial charge in [-0.2, -0.15) is 0 Å². The predicted octanol–water partition coefficient (Wildman–Crippen LogP) is 3.42. The molecule has 2 aliphatic rings. The molecule has 5 heteroatoms. The van der Waals surface area contributed by atoms with Crippen LogP contribution in [0.15, 0.2) is 22.6 Å². The number of nitrogens with zero attached hydrogens (tertiary/aromatic N) is 1. The van der Waals surface area contributed by atoms with Crippen LogP contribution in [0.1, 0.15) is 50.3 Å². The van der Waals surface area contributed by atoms with Crippen LogP contribution < -0.4 is 10.6 Å². The second-order valence-corrected chi connectivity index (χ2v) is 6.79. The zero-order valence-electron chi connectivity index (χ0n) is 13.3. The molecule has 0 radical (unpaired) electrons. The maximum atomic E-state index is 12.1. The molecule has 1 aromatic heterocycles. The first-order chi connectivity index (χ1) is 11.3. The number of aromatic nitrogens is 1. The molecule has 1 saturated carbocycles. The number of nitrogens with one attached hydrogen (secondary N) is 2. The van der Waals surface area contributed by atoms with E-state index in [0.29, 0.717) is 18.3 Å². The quantitative estimate of drug-likeness (QED) is 0.887. The van der Waals surface area contributed by atoms with Gasteiger partial charge in [-0.15, -0.1) is 0 Å². The van der Waals surface area contributed by atoms with Crippen molar-refractivity contribution in [1.82, 2.24) is 10.3 Å². The molecule has 2 aromatic rings. The lowest BCUT2D eigenvalue weighted by atomic mass is 9.93. The second kappa shape index (κ2) is 6.32. The van der Waals surface area contributed by atoms with Crippen molar-refractivity contribution < 1.29 is 9.21 Å². The van der Waals surface area contributed by atoms with E-state index in [4.69, 9.17) is 4.42 Å². The maximum absolute atomic E-state index is 12.1. The van der Waals surface area contributed by atoms with E-state index in [9.17, 15) is 4.79 Å². The minimum Gasteiger partial charge on any atom is -0.440 e. The molecule has 5 nitrogen and oxygen atoms in total. The van der Waals surface area contributed by atoms with Crippen molar-refractivity contribution in [2.24, 2.45) is 5.92 Å². The van der Waals surface area contributed by atoms with E-state index in [-0.39, 0.29) is 5.91 Å². The number of piperidine rings is 1. The van der Waals surface area contributed by atoms with Crippen LogP contribution in [0.25, 0.3) is 11.1 Å². The molecule has 122 valence electrons. The second-order valence-electron chi connectivity index (χ2n) is 6.79. The number of carbonyl (C=O) groups is 1. The number of fused-ring (bicyclic) bond motifs is 1. The van der Waals surface area contributed by atoms with Gasteiger partial charge in [0.25, 0.3) is 0 Å². The number of rotatable bonds is 5. The molecule has 1 amide bonds. The average molecular weight is 313 g/mol. The number of hydrogen-bond acceptors (Lipinski definition) is 4. The van der Waals surface area contributed by atoms with Crippen LogP contribution in [0.3, 0.4) is 0 Å². The Kier molecular flexibility index (Phi) is 4.04. The summed E-state index contributed by atoms with van der Waals surface area (Å²) in [6.45, 7) is 2.16. The van der Waals surface area contributed by atoms with Crippen molar-refractivity contribution in [3.63, 3.8) is 0 Å². The fourth-order valence-corrected chi connectivity index (χ4v) is 3.26. The highest BCUT2D eigenvalue weighted by molar-refractivity contribution is 5.92. The Morgan fingerprint density at radius 3 is 2.87 bits per heavy atom. The molecule has 1 saturated heterocycles. The maximum Gasteiger partial charge on any atom is 0.224 e. The number of benzene rings is 1. The topological polar surface area (TPSA) is 67.2 Å². The van der Waals surface area contributed by atoms with Crippen LogP contribution in [0, 0.1) is 5.92 Å². The van der Waals surface area contributed by atoms with Gasteiger partial charge in [-0.3, -0.25) is 4.79 Å². The Balaban J connectivity index is 1.35. The summed E-state index contributed by atoms with van der Waals surface area (Å²) in [6.07, 6.45) is 6.28. The van der Waals surface area contributed by atoms with E-state index in [0.717, 1.165) is 42.2 Å². The molecule has 1 aromatic carbocycles. The summed E-state index contributed by atoms with van der Waals surface area (Å²) in [5, 5.41) is 6.35. The molecule has 4 rings (SSSR count). The van der Waals surface area contributed by atoms with Crippen LogP contribution in [0.4, 0.5) is 5.69 Å². The van der Waals surface area contributed by atoms with Crippen LogP contribution in [0.2, 0.25) is 0 Å². The standard InChI is InChI=1S/C18H23N3O2/c22-17(6-1-12-7-9-19-10-8-12)20-14-4-5-16-15(11-14)21-18(23-16)13-2-3-13/h4-5,11-13,19H,1-3,6-10H2,(H,20,22). The molecule has 2 N–H and O–H groups in total. The molecule has 23 heavy (non-hydrogen) atoms. The van der Waals surface area contributed by atoms with E-state index < -0.39 is 0 Å². The summed E-state index contributed by atoms with van der Waals surface area (Å²) >= 11 is 0. The van der Waals surface area contributed by atoms with Crippen LogP contribution in [-0.2, 0) is 4.79 Å². The van der Waals surface area contributed by atoms with Gasteiger partial charge < -0.3 is 15.1 Å². The number of carbonyl (C=O) groups excluding carboxylic acids is 1. The van der Waals surface area contributed by atoms with E-state index in [1.54, 1.807) is 0 Å². The fraction of sp³-hybridized carbons (Fsp3) is 0.556. The van der Waals surface area contributed by atoms with Gasteiger partial charge in [-0.25, -0.2) is 4.98 Å². The van der Waals surface area contributed by atoms with Crippen molar-refractivity contribution in [2.45, 2.75) is 44.4 Å². The first-order valence-corrected chi connectivity index (χ1v) is 8.69. The molecule has 0 bridgehead atoms. The SMILES string of the molecule is O=C(CCC1CCNCC1)Nc1ccc2oc(C3CC3)nc2c1. The van der Waals surface area contributed by atoms with Gasteiger partial charge in [-0.05, 0) is 69.3 Å². The van der Waals surface area contributed by atoms with E-state index in [1.807, 2.05) is 18.2 Å². The molecular weight excluding hydrogens is 290 g/mol. The van der Waals surface area contributed by atoms with Gasteiger partial charge in [-0.1, -0.05) is 0 Å². The Hall–Kier alpha value is -1.88. The first kappa shape index (κ1) is 14.7. The molecule has 0 spiro atoms. The molecule has 2 heterocycles. The van der Waals surface area contributed by atoms with Crippen LogP contribution in [-0.4, -0.2) is 24.0 Å². The van der Waals surface area contributed by atoms with Gasteiger partial charge in [0, 0.05) is 18.0 Å². The molecule has 1 aliphatic carbocycles. The fourth-order valence-electron chi connectivity index (χ4n) is 3.26. The highest BCUT2D eigenvalue weighted by Gasteiger charge is 2.28. The Morgan fingerprint density at radius 2 is 2.09 bits per heavy atom. The number of hydrogen-bond donors (Lipinski definition) is 2. The lowest BCUT2D eigenvalue weighted by Crippen LogP contribution is -2.28. The summed E-state index contributed by atoms with van der Waals surface area (Å²) in [5.74, 6) is 2.12. The minimum atomic E-state index is 0.0915. The first-order valence-electron chi connectivity index (χ1n) is 8.69. The van der Waals surface area contributed by atoms with E-state index >= 15 is 0 Å². The zero-order chi connectivity index (χ0) is 15.6. The average Bonchev–Trinajstić information content (AvgIpc) is 3.34. The normalized spacial score (nSPS) is 19.1. The predicted molar refractivity (Wildman–Crippen MR) is 89.4 cm³/mol. The lowest BCUT2D eigenvalue weighted by Gasteiger charge is -2.22. The lowest BCUT2D eigenvalue weighted by molar-refractivity contribution is -0.116. The van der Waals surface area contributed by atoms with Crippen LogP contribution in [0.5, 0.6) is 0 Å². The summed E-state index contributed by atoms with van der Waals surface area (Å²) in [5.41, 5.74) is 2.45. The Labute approximate surface area is 135 Å². The third-order valence-electron chi connectivity index (χ3n) is 4.85. The van der Waals surface area contributed by atoms with Crippen molar-refractivity contribution in [2.75, 3.05) is 18.4 Å². The van der Waals surface area contributed by atoms with Crippen LogP contribution >= 0.6 is 0 Å². The monoisotopic (exact) mass is 313 g/mol. The van der Waals surface area contributed by atoms with Crippen molar-refractivity contribution in [1.29, 1.82) is 0 Å².